The molecule has 0 saturated carbocycles. The largest absolute Gasteiger partial charge is 0.550 e. The minimum atomic E-state index is -1.44. The molecular formula is C11H8BrNO5-2. The highest BCUT2D eigenvalue weighted by Crippen LogP contribution is 2.20. The van der Waals surface area contributed by atoms with Crippen molar-refractivity contribution in [3.63, 3.8) is 0 Å². The number of benzene rings is 1. The third-order valence-corrected chi connectivity index (χ3v) is 2.53. The van der Waals surface area contributed by atoms with Crippen molar-refractivity contribution in [3.8, 4) is 0 Å². The van der Waals surface area contributed by atoms with E-state index in [1.54, 1.807) is 6.07 Å². The second-order valence-electron chi connectivity index (χ2n) is 3.40. The maximum Gasteiger partial charge on any atom is 0.224 e. The topological polar surface area (TPSA) is 109 Å². The van der Waals surface area contributed by atoms with E-state index in [4.69, 9.17) is 0 Å². The highest BCUT2D eigenvalue weighted by Gasteiger charge is 2.08. The summed E-state index contributed by atoms with van der Waals surface area (Å²) in [6.45, 7) is 0. The van der Waals surface area contributed by atoms with Crippen LogP contribution in [0, 0.1) is 0 Å². The second-order valence-corrected chi connectivity index (χ2v) is 4.31. The van der Waals surface area contributed by atoms with Crippen molar-refractivity contribution in [2.24, 2.45) is 0 Å². The van der Waals surface area contributed by atoms with Crippen LogP contribution in [0.2, 0.25) is 0 Å². The van der Waals surface area contributed by atoms with E-state index in [0.29, 0.717) is 4.47 Å². The van der Waals surface area contributed by atoms with E-state index < -0.39 is 24.3 Å². The number of halogens is 1. The molecule has 0 heterocycles. The Kier molecular flexibility index (Phi) is 4.85. The van der Waals surface area contributed by atoms with E-state index in [9.17, 15) is 24.6 Å². The lowest BCUT2D eigenvalue weighted by molar-refractivity contribution is -0.305. The van der Waals surface area contributed by atoms with Crippen LogP contribution < -0.4 is 15.5 Å². The highest BCUT2D eigenvalue weighted by molar-refractivity contribution is 9.10. The molecule has 0 atom stereocenters. The molecule has 0 spiro atoms. The smallest absolute Gasteiger partial charge is 0.224 e. The van der Waals surface area contributed by atoms with Crippen LogP contribution in [0.25, 0.3) is 0 Å². The Bertz CT molecular complexity index is 500. The molecule has 96 valence electrons. The van der Waals surface area contributed by atoms with Crippen molar-refractivity contribution in [1.82, 2.24) is 0 Å². The van der Waals surface area contributed by atoms with Gasteiger partial charge in [-0.3, -0.25) is 4.79 Å². The van der Waals surface area contributed by atoms with Gasteiger partial charge in [0.15, 0.2) is 0 Å². The van der Waals surface area contributed by atoms with Crippen LogP contribution >= 0.6 is 15.9 Å². The molecule has 1 aromatic rings. The average molecular weight is 314 g/mol. The van der Waals surface area contributed by atoms with Gasteiger partial charge in [0.2, 0.25) is 5.91 Å². The number of rotatable bonds is 5. The number of carbonyl (C=O) groups is 3. The second kappa shape index (κ2) is 6.15. The molecule has 6 nitrogen and oxygen atoms in total. The van der Waals surface area contributed by atoms with Gasteiger partial charge in [-0.2, -0.15) is 0 Å². The molecule has 0 radical (unpaired) electrons. The number of hydrogen-bond donors (Lipinski definition) is 1. The van der Waals surface area contributed by atoms with Gasteiger partial charge in [-0.1, -0.05) is 15.9 Å². The van der Waals surface area contributed by atoms with E-state index >= 15 is 0 Å². The lowest BCUT2D eigenvalue weighted by Gasteiger charge is -2.12. The number of anilines is 1. The number of aliphatic carboxylic acids is 1. The van der Waals surface area contributed by atoms with Gasteiger partial charge in [0.25, 0.3) is 0 Å². The Morgan fingerprint density at radius 3 is 2.39 bits per heavy atom. The molecule has 0 aliphatic carbocycles. The fourth-order valence-electron chi connectivity index (χ4n) is 1.22. The quantitative estimate of drug-likeness (QED) is 0.771. The fourth-order valence-corrected chi connectivity index (χ4v) is 1.58. The molecule has 0 bridgehead atoms. The van der Waals surface area contributed by atoms with Crippen molar-refractivity contribution in [1.29, 1.82) is 0 Å². The minimum absolute atomic E-state index is 0.0570. The third-order valence-electron chi connectivity index (χ3n) is 2.03. The molecule has 0 aliphatic rings. The molecule has 1 N–H and O–H groups in total. The predicted molar refractivity (Wildman–Crippen MR) is 61.3 cm³/mol. The Balaban J connectivity index is 2.81. The molecular weight excluding hydrogens is 306 g/mol. The zero-order valence-electron chi connectivity index (χ0n) is 9.07. The maximum absolute atomic E-state index is 11.3. The zero-order chi connectivity index (χ0) is 13.7. The number of carboxylic acid groups (broad SMARTS) is 2. The van der Waals surface area contributed by atoms with Crippen molar-refractivity contribution in [3.05, 3.63) is 28.2 Å². The summed E-state index contributed by atoms with van der Waals surface area (Å²) in [6.07, 6.45) is -0.714. The van der Waals surface area contributed by atoms with Gasteiger partial charge in [-0.15, -0.1) is 0 Å². The summed E-state index contributed by atoms with van der Waals surface area (Å²) in [6, 6.07) is 4.20. The van der Waals surface area contributed by atoms with Gasteiger partial charge in [0.05, 0.1) is 5.97 Å². The summed E-state index contributed by atoms with van der Waals surface area (Å²) in [7, 11) is 0. The minimum Gasteiger partial charge on any atom is -0.550 e. The van der Waals surface area contributed by atoms with Gasteiger partial charge in [0.1, 0.15) is 0 Å². The monoisotopic (exact) mass is 313 g/mol. The molecule has 0 aromatic heterocycles. The summed E-state index contributed by atoms with van der Waals surface area (Å²) in [4.78, 5) is 32.4. The Labute approximate surface area is 111 Å². The Hall–Kier alpha value is -1.89. The SMILES string of the molecule is O=C([O-])CCC(=O)Nc1ccc(Br)cc1C(=O)[O-]. The third kappa shape index (κ3) is 4.17. The number of carbonyl (C=O) groups excluding carboxylic acids is 3. The van der Waals surface area contributed by atoms with Gasteiger partial charge in [-0.05, 0) is 24.6 Å². The summed E-state index contributed by atoms with van der Waals surface area (Å²) < 4.78 is 0.523. The molecule has 0 fully saturated rings. The predicted octanol–water partition coefficient (Wildman–Crippen LogP) is -0.719. The fraction of sp³-hybridized carbons (Fsp3) is 0.182. The Morgan fingerprint density at radius 2 is 1.83 bits per heavy atom. The maximum atomic E-state index is 11.3. The molecule has 0 saturated heterocycles. The van der Waals surface area contributed by atoms with Crippen molar-refractivity contribution in [2.45, 2.75) is 12.8 Å². The van der Waals surface area contributed by atoms with E-state index in [0.717, 1.165) is 0 Å². The summed E-state index contributed by atoms with van der Waals surface area (Å²) in [5.41, 5.74) is -0.132. The van der Waals surface area contributed by atoms with Gasteiger partial charge in [-0.25, -0.2) is 0 Å². The molecule has 18 heavy (non-hydrogen) atoms. The molecule has 0 unspecified atom stereocenters. The molecule has 1 aromatic carbocycles. The van der Waals surface area contributed by atoms with Crippen LogP contribution in [0.1, 0.15) is 23.2 Å². The van der Waals surface area contributed by atoms with Crippen LogP contribution in [0.3, 0.4) is 0 Å². The van der Waals surface area contributed by atoms with Crippen LogP contribution in [0.4, 0.5) is 5.69 Å². The van der Waals surface area contributed by atoms with Crippen LogP contribution in [-0.4, -0.2) is 17.8 Å². The summed E-state index contributed by atoms with van der Waals surface area (Å²) in [5.74, 6) is -3.39. The van der Waals surface area contributed by atoms with E-state index in [1.807, 2.05) is 0 Å². The van der Waals surface area contributed by atoms with Crippen LogP contribution in [0.5, 0.6) is 0 Å². The zero-order valence-corrected chi connectivity index (χ0v) is 10.7. The highest BCUT2D eigenvalue weighted by atomic mass is 79.9. The molecule has 1 rings (SSSR count). The Morgan fingerprint density at radius 1 is 1.17 bits per heavy atom. The van der Waals surface area contributed by atoms with Crippen molar-refractivity contribution in [2.75, 3.05) is 5.32 Å². The summed E-state index contributed by atoms with van der Waals surface area (Å²) >= 11 is 3.09. The number of nitrogens with one attached hydrogen (secondary N) is 1. The van der Waals surface area contributed by atoms with E-state index in [-0.39, 0.29) is 17.7 Å². The van der Waals surface area contributed by atoms with Gasteiger partial charge in [0, 0.05) is 28.1 Å². The first-order valence-electron chi connectivity index (χ1n) is 4.90. The first-order chi connectivity index (χ1) is 8.40. The standard InChI is InChI=1S/C11H10BrNO5/c12-6-1-2-8(7(5-6)11(17)18)13-9(14)3-4-10(15)16/h1-2,5H,3-4H2,(H,13,14)(H,15,16)(H,17,18)/p-2. The first-order valence-corrected chi connectivity index (χ1v) is 5.70. The van der Waals surface area contributed by atoms with Crippen molar-refractivity contribution >= 4 is 39.5 Å². The lowest BCUT2D eigenvalue weighted by atomic mass is 10.1. The normalized spacial score (nSPS) is 9.83. The lowest BCUT2D eigenvalue weighted by Crippen LogP contribution is -2.26. The molecule has 7 heteroatoms. The number of amides is 1. The number of carboxylic acids is 2. The number of hydrogen-bond acceptors (Lipinski definition) is 5. The molecule has 1 amide bonds. The number of aromatic carboxylic acids is 1. The average Bonchev–Trinajstić information content (AvgIpc) is 2.28. The summed E-state index contributed by atoms with van der Waals surface area (Å²) in [5, 5.41) is 23.3. The van der Waals surface area contributed by atoms with Gasteiger partial charge < -0.3 is 25.1 Å². The van der Waals surface area contributed by atoms with E-state index in [2.05, 4.69) is 21.2 Å². The van der Waals surface area contributed by atoms with Gasteiger partial charge >= 0.3 is 0 Å². The van der Waals surface area contributed by atoms with Crippen LogP contribution in [-0.2, 0) is 9.59 Å². The van der Waals surface area contributed by atoms with Crippen molar-refractivity contribution < 1.29 is 24.6 Å². The first kappa shape index (κ1) is 14.2. The van der Waals surface area contributed by atoms with E-state index in [1.165, 1.54) is 12.1 Å². The van der Waals surface area contributed by atoms with Crippen LogP contribution in [0.15, 0.2) is 22.7 Å². The molecule has 0 aliphatic heterocycles.